The number of nitrogens with zero attached hydrogens (tertiary/aromatic N) is 4. The molecular formula is C21H23BrN4O2. The Kier molecular flexibility index (Phi) is 5.73. The first-order valence-electron chi connectivity index (χ1n) is 9.56. The Hall–Kier alpha value is -2.25. The molecule has 1 aromatic carbocycles. The average Bonchev–Trinajstić information content (AvgIpc) is 3.10. The first kappa shape index (κ1) is 19.1. The smallest absolute Gasteiger partial charge is 0.228 e. The van der Waals surface area contributed by atoms with E-state index in [4.69, 9.17) is 0 Å². The highest BCUT2D eigenvalue weighted by Gasteiger charge is 2.37. The van der Waals surface area contributed by atoms with Crippen molar-refractivity contribution in [3.63, 3.8) is 0 Å². The van der Waals surface area contributed by atoms with E-state index in [2.05, 4.69) is 25.8 Å². The lowest BCUT2D eigenvalue weighted by molar-refractivity contribution is -0.137. The fraction of sp³-hybridized carbons (Fsp3) is 0.381. The Labute approximate surface area is 173 Å². The summed E-state index contributed by atoms with van der Waals surface area (Å²) in [4.78, 5) is 35.5. The van der Waals surface area contributed by atoms with Gasteiger partial charge in [0.1, 0.15) is 0 Å². The van der Waals surface area contributed by atoms with Crippen LogP contribution in [0.4, 0.5) is 5.69 Å². The maximum atomic E-state index is 13.0. The van der Waals surface area contributed by atoms with Crippen LogP contribution in [0, 0.1) is 5.92 Å². The van der Waals surface area contributed by atoms with E-state index in [1.54, 1.807) is 4.90 Å². The number of hydrogen-bond donors (Lipinski definition) is 0. The summed E-state index contributed by atoms with van der Waals surface area (Å²) in [5, 5.41) is 0. The van der Waals surface area contributed by atoms with Gasteiger partial charge < -0.3 is 9.80 Å². The van der Waals surface area contributed by atoms with Crippen LogP contribution < -0.4 is 4.90 Å². The van der Waals surface area contributed by atoms with Gasteiger partial charge in [-0.15, -0.1) is 0 Å². The summed E-state index contributed by atoms with van der Waals surface area (Å²) >= 11 is 3.44. The molecular weight excluding hydrogens is 420 g/mol. The number of carbonyl (C=O) groups is 2. The first-order chi connectivity index (χ1) is 13.6. The lowest BCUT2D eigenvalue weighted by Crippen LogP contribution is -2.50. The van der Waals surface area contributed by atoms with Crippen molar-refractivity contribution in [2.24, 2.45) is 5.92 Å². The van der Waals surface area contributed by atoms with Crippen molar-refractivity contribution in [3.05, 3.63) is 58.8 Å². The van der Waals surface area contributed by atoms with Crippen LogP contribution in [-0.4, -0.2) is 59.3 Å². The molecule has 0 N–H and O–H groups in total. The van der Waals surface area contributed by atoms with E-state index in [9.17, 15) is 9.59 Å². The Morgan fingerprint density at radius 3 is 2.57 bits per heavy atom. The number of aromatic nitrogens is 1. The van der Waals surface area contributed by atoms with Crippen molar-refractivity contribution in [1.29, 1.82) is 0 Å². The number of hydrogen-bond acceptors (Lipinski definition) is 4. The zero-order valence-corrected chi connectivity index (χ0v) is 17.2. The molecule has 7 heteroatoms. The number of pyridine rings is 1. The number of carbonyl (C=O) groups excluding carboxylic acids is 2. The lowest BCUT2D eigenvalue weighted by atomic mass is 10.1. The fourth-order valence-corrected chi connectivity index (χ4v) is 4.28. The molecule has 2 aliphatic heterocycles. The van der Waals surface area contributed by atoms with Gasteiger partial charge in [0.2, 0.25) is 11.8 Å². The summed E-state index contributed by atoms with van der Waals surface area (Å²) < 4.78 is 0.929. The molecule has 0 saturated carbocycles. The van der Waals surface area contributed by atoms with E-state index < -0.39 is 0 Å². The molecule has 28 heavy (non-hydrogen) atoms. The van der Waals surface area contributed by atoms with Crippen LogP contribution in [0.2, 0.25) is 0 Å². The Bertz CT molecular complexity index is 852. The van der Waals surface area contributed by atoms with E-state index >= 15 is 0 Å². The fourth-order valence-electron chi connectivity index (χ4n) is 3.90. The molecule has 6 nitrogen and oxygen atoms in total. The Morgan fingerprint density at radius 2 is 1.86 bits per heavy atom. The SMILES string of the molecule is O=C(C1CC(=O)N(c2cccc(Br)c2)C1)N1CCN(Cc2ccncc2)CC1. The maximum absolute atomic E-state index is 13.0. The Balaban J connectivity index is 1.32. The van der Waals surface area contributed by atoms with Gasteiger partial charge in [-0.1, -0.05) is 22.0 Å². The van der Waals surface area contributed by atoms with Crippen molar-refractivity contribution < 1.29 is 9.59 Å². The number of rotatable bonds is 4. The van der Waals surface area contributed by atoms with Gasteiger partial charge in [-0.25, -0.2) is 0 Å². The van der Waals surface area contributed by atoms with Crippen molar-refractivity contribution in [2.45, 2.75) is 13.0 Å². The minimum absolute atomic E-state index is 0.0211. The van der Waals surface area contributed by atoms with E-state index in [-0.39, 0.29) is 17.7 Å². The highest BCUT2D eigenvalue weighted by atomic mass is 79.9. The Morgan fingerprint density at radius 1 is 1.11 bits per heavy atom. The monoisotopic (exact) mass is 442 g/mol. The second-order valence-electron chi connectivity index (χ2n) is 7.34. The third-order valence-corrected chi connectivity index (χ3v) is 5.93. The van der Waals surface area contributed by atoms with Gasteiger partial charge in [0.25, 0.3) is 0 Å². The second-order valence-corrected chi connectivity index (χ2v) is 8.26. The van der Waals surface area contributed by atoms with Crippen LogP contribution in [0.1, 0.15) is 12.0 Å². The van der Waals surface area contributed by atoms with Crippen molar-refractivity contribution >= 4 is 33.4 Å². The number of anilines is 1. The molecule has 0 bridgehead atoms. The number of piperazine rings is 1. The van der Waals surface area contributed by atoms with E-state index in [0.29, 0.717) is 26.1 Å². The minimum atomic E-state index is -0.252. The zero-order valence-electron chi connectivity index (χ0n) is 15.6. The lowest BCUT2D eigenvalue weighted by Gasteiger charge is -2.35. The predicted octanol–water partition coefficient (Wildman–Crippen LogP) is 2.54. The quantitative estimate of drug-likeness (QED) is 0.729. The molecule has 2 saturated heterocycles. The van der Waals surface area contributed by atoms with Gasteiger partial charge in [0.15, 0.2) is 0 Å². The maximum Gasteiger partial charge on any atom is 0.228 e. The zero-order chi connectivity index (χ0) is 19.5. The average molecular weight is 443 g/mol. The molecule has 0 spiro atoms. The van der Waals surface area contributed by atoms with E-state index in [0.717, 1.165) is 29.8 Å². The number of benzene rings is 1. The molecule has 3 heterocycles. The normalized spacial score (nSPS) is 20.6. The van der Waals surface area contributed by atoms with Gasteiger partial charge in [-0.2, -0.15) is 0 Å². The third kappa shape index (κ3) is 4.25. The summed E-state index contributed by atoms with van der Waals surface area (Å²) in [7, 11) is 0. The minimum Gasteiger partial charge on any atom is -0.340 e. The molecule has 1 atom stereocenters. The highest BCUT2D eigenvalue weighted by molar-refractivity contribution is 9.10. The molecule has 2 aliphatic rings. The molecule has 2 fully saturated rings. The van der Waals surface area contributed by atoms with Crippen molar-refractivity contribution in [1.82, 2.24) is 14.8 Å². The topological polar surface area (TPSA) is 56.8 Å². The largest absolute Gasteiger partial charge is 0.340 e. The van der Waals surface area contributed by atoms with Crippen molar-refractivity contribution in [2.75, 3.05) is 37.6 Å². The molecule has 1 unspecified atom stereocenters. The molecule has 2 aromatic rings. The standard InChI is InChI=1S/C21H23BrN4O2/c22-18-2-1-3-19(13-18)26-15-17(12-20(26)27)21(28)25-10-8-24(9-11-25)14-16-4-6-23-7-5-16/h1-7,13,17H,8-12,14-15H2. The van der Waals surface area contributed by atoms with Crippen LogP contribution in [0.3, 0.4) is 0 Å². The van der Waals surface area contributed by atoms with Gasteiger partial charge in [0, 0.05) is 68.2 Å². The molecule has 1 aromatic heterocycles. The van der Waals surface area contributed by atoms with E-state index in [1.807, 2.05) is 53.7 Å². The summed E-state index contributed by atoms with van der Waals surface area (Å²) in [6.07, 6.45) is 3.91. The first-order valence-corrected chi connectivity index (χ1v) is 10.4. The molecule has 0 radical (unpaired) electrons. The van der Waals surface area contributed by atoms with Gasteiger partial charge in [-0.05, 0) is 35.9 Å². The highest BCUT2D eigenvalue weighted by Crippen LogP contribution is 2.28. The summed E-state index contributed by atoms with van der Waals surface area (Å²) in [6.45, 7) is 4.47. The van der Waals surface area contributed by atoms with Gasteiger partial charge >= 0.3 is 0 Å². The molecule has 146 valence electrons. The van der Waals surface area contributed by atoms with Crippen LogP contribution in [0.25, 0.3) is 0 Å². The summed E-state index contributed by atoms with van der Waals surface area (Å²) in [5.41, 5.74) is 2.08. The molecule has 0 aliphatic carbocycles. The van der Waals surface area contributed by atoms with Crippen LogP contribution in [0.15, 0.2) is 53.3 Å². The summed E-state index contributed by atoms with van der Waals surface area (Å²) in [5.74, 6) is -0.125. The van der Waals surface area contributed by atoms with Crippen LogP contribution >= 0.6 is 15.9 Å². The summed E-state index contributed by atoms with van der Waals surface area (Å²) in [6, 6.07) is 11.7. The predicted molar refractivity (Wildman–Crippen MR) is 111 cm³/mol. The van der Waals surface area contributed by atoms with Crippen LogP contribution in [-0.2, 0) is 16.1 Å². The number of amides is 2. The molecule has 2 amide bonds. The third-order valence-electron chi connectivity index (χ3n) is 5.43. The van der Waals surface area contributed by atoms with Gasteiger partial charge in [-0.3, -0.25) is 19.5 Å². The van der Waals surface area contributed by atoms with Gasteiger partial charge in [0.05, 0.1) is 5.92 Å². The van der Waals surface area contributed by atoms with E-state index in [1.165, 1.54) is 5.56 Å². The van der Waals surface area contributed by atoms with Crippen LogP contribution in [0.5, 0.6) is 0 Å². The molecule has 4 rings (SSSR count). The van der Waals surface area contributed by atoms with Crippen molar-refractivity contribution in [3.8, 4) is 0 Å². The number of halogens is 1. The second kappa shape index (κ2) is 8.41.